The molecule has 0 fully saturated rings. The Morgan fingerprint density at radius 2 is 1.93 bits per heavy atom. The Balaban J connectivity index is 1.87. The van der Waals surface area contributed by atoms with Crippen LogP contribution in [-0.4, -0.2) is 29.7 Å². The lowest BCUT2D eigenvalue weighted by Crippen LogP contribution is -2.08. The van der Waals surface area contributed by atoms with Crippen molar-refractivity contribution in [1.29, 1.82) is 0 Å². The highest BCUT2D eigenvalue weighted by Crippen LogP contribution is 2.35. The van der Waals surface area contributed by atoms with Crippen molar-refractivity contribution in [2.45, 2.75) is 13.8 Å². The molecular formula is C18H14N6O3. The van der Waals surface area contributed by atoms with Gasteiger partial charge in [-0.25, -0.2) is 9.67 Å². The molecule has 0 atom stereocenters. The minimum Gasteiger partial charge on any atom is -0.431 e. The van der Waals surface area contributed by atoms with E-state index in [-0.39, 0.29) is 17.4 Å². The van der Waals surface area contributed by atoms with Gasteiger partial charge in [0.05, 0.1) is 10.6 Å². The topological polar surface area (TPSA) is 109 Å². The molecule has 0 bridgehead atoms. The molecule has 3 aromatic heterocycles. The Morgan fingerprint density at radius 3 is 2.67 bits per heavy atom. The van der Waals surface area contributed by atoms with Gasteiger partial charge >= 0.3 is 11.6 Å². The summed E-state index contributed by atoms with van der Waals surface area (Å²) in [6.07, 6.45) is 2.84. The zero-order valence-corrected chi connectivity index (χ0v) is 14.5. The molecule has 27 heavy (non-hydrogen) atoms. The van der Waals surface area contributed by atoms with Crippen LogP contribution >= 0.6 is 0 Å². The number of fused-ring (bicyclic) bond motifs is 1. The number of aromatic nitrogens is 5. The van der Waals surface area contributed by atoms with E-state index in [1.807, 2.05) is 12.1 Å². The minimum absolute atomic E-state index is 0.0452. The van der Waals surface area contributed by atoms with Crippen LogP contribution in [0.4, 0.5) is 5.69 Å². The molecule has 0 unspecified atom stereocenters. The number of aryl methyl sites for hydroxylation is 2. The molecule has 0 aliphatic heterocycles. The van der Waals surface area contributed by atoms with E-state index in [1.54, 1.807) is 44.3 Å². The van der Waals surface area contributed by atoms with Crippen LogP contribution in [0, 0.1) is 24.0 Å². The Kier molecular flexibility index (Phi) is 3.96. The summed E-state index contributed by atoms with van der Waals surface area (Å²) in [7, 11) is 0. The number of rotatable bonds is 4. The number of benzene rings is 1. The number of hydrogen-bond donors (Lipinski definition) is 0. The third-order valence-corrected chi connectivity index (χ3v) is 3.96. The second-order valence-corrected chi connectivity index (χ2v) is 5.88. The number of para-hydroxylation sites is 1. The minimum atomic E-state index is -0.570. The molecule has 0 amide bonds. The summed E-state index contributed by atoms with van der Waals surface area (Å²) < 4.78 is 7.20. The second-order valence-electron chi connectivity index (χ2n) is 5.88. The lowest BCUT2D eigenvalue weighted by molar-refractivity contribution is -0.386. The van der Waals surface area contributed by atoms with Crippen molar-refractivity contribution in [3.63, 3.8) is 0 Å². The molecular weight excluding hydrogens is 348 g/mol. The van der Waals surface area contributed by atoms with Crippen molar-refractivity contribution >= 4 is 16.6 Å². The van der Waals surface area contributed by atoms with Crippen molar-refractivity contribution in [2.24, 2.45) is 0 Å². The smallest absolute Gasteiger partial charge is 0.375 e. The van der Waals surface area contributed by atoms with Gasteiger partial charge in [-0.2, -0.15) is 10.1 Å². The van der Waals surface area contributed by atoms with Crippen LogP contribution in [0.25, 0.3) is 16.7 Å². The van der Waals surface area contributed by atoms with E-state index in [1.165, 1.54) is 11.0 Å². The van der Waals surface area contributed by atoms with Gasteiger partial charge in [-0.05, 0) is 32.0 Å². The van der Waals surface area contributed by atoms with Gasteiger partial charge in [-0.3, -0.25) is 15.1 Å². The number of pyridine rings is 1. The first kappa shape index (κ1) is 16.6. The fourth-order valence-corrected chi connectivity index (χ4v) is 2.85. The maximum absolute atomic E-state index is 11.8. The fourth-order valence-electron chi connectivity index (χ4n) is 2.85. The second kappa shape index (κ2) is 6.45. The predicted octanol–water partition coefficient (Wildman–Crippen LogP) is 3.53. The van der Waals surface area contributed by atoms with Crippen LogP contribution in [0.15, 0.2) is 48.9 Å². The standard InChI is InChI=1S/C18H14N6O3/c1-11-9-12(2)23(22-11)17-16(24(25)26)18(21-10-20-17)27-14-7-3-5-13-6-4-8-19-15(13)14/h3-10H,1-2H3. The Hall–Kier alpha value is -3.88. The monoisotopic (exact) mass is 362 g/mol. The number of nitro groups is 1. The molecule has 0 aliphatic rings. The molecule has 0 aliphatic carbocycles. The zero-order valence-electron chi connectivity index (χ0n) is 14.5. The van der Waals surface area contributed by atoms with Gasteiger partial charge in [0, 0.05) is 17.3 Å². The third-order valence-electron chi connectivity index (χ3n) is 3.96. The summed E-state index contributed by atoms with van der Waals surface area (Å²) in [4.78, 5) is 23.5. The SMILES string of the molecule is Cc1cc(C)n(-c2ncnc(Oc3cccc4cccnc34)c2[N+](=O)[O-])n1. The van der Waals surface area contributed by atoms with Crippen molar-refractivity contribution in [3.05, 3.63) is 70.4 Å². The molecule has 0 spiro atoms. The van der Waals surface area contributed by atoms with Crippen LogP contribution < -0.4 is 4.74 Å². The molecule has 3 heterocycles. The average Bonchev–Trinajstić information content (AvgIpc) is 2.99. The highest BCUT2D eigenvalue weighted by molar-refractivity contribution is 5.84. The Labute approximate surface area is 153 Å². The van der Waals surface area contributed by atoms with Crippen LogP contribution in [0.2, 0.25) is 0 Å². The maximum Gasteiger partial charge on any atom is 0.375 e. The number of ether oxygens (including phenoxy) is 1. The molecule has 9 heteroatoms. The van der Waals surface area contributed by atoms with Gasteiger partial charge in [0.1, 0.15) is 11.8 Å². The first-order chi connectivity index (χ1) is 13.0. The van der Waals surface area contributed by atoms with E-state index in [0.29, 0.717) is 17.0 Å². The van der Waals surface area contributed by atoms with Gasteiger partial charge in [0.25, 0.3) is 0 Å². The van der Waals surface area contributed by atoms with E-state index < -0.39 is 4.92 Å². The van der Waals surface area contributed by atoms with Crippen molar-refractivity contribution in [2.75, 3.05) is 0 Å². The van der Waals surface area contributed by atoms with E-state index in [4.69, 9.17) is 4.74 Å². The first-order valence-electron chi connectivity index (χ1n) is 8.09. The molecule has 4 rings (SSSR count). The maximum atomic E-state index is 11.8. The molecule has 4 aromatic rings. The van der Waals surface area contributed by atoms with E-state index in [0.717, 1.165) is 11.1 Å². The van der Waals surface area contributed by atoms with E-state index >= 15 is 0 Å². The van der Waals surface area contributed by atoms with Crippen LogP contribution in [-0.2, 0) is 0 Å². The summed E-state index contributed by atoms with van der Waals surface area (Å²) in [5.74, 6) is 0.244. The zero-order chi connectivity index (χ0) is 19.0. The van der Waals surface area contributed by atoms with E-state index in [9.17, 15) is 10.1 Å². The lowest BCUT2D eigenvalue weighted by atomic mass is 10.2. The molecule has 1 aromatic carbocycles. The molecule has 0 saturated heterocycles. The van der Waals surface area contributed by atoms with Crippen molar-refractivity contribution < 1.29 is 9.66 Å². The lowest BCUT2D eigenvalue weighted by Gasteiger charge is -2.10. The molecule has 0 radical (unpaired) electrons. The Morgan fingerprint density at radius 1 is 1.11 bits per heavy atom. The van der Waals surface area contributed by atoms with Gasteiger partial charge in [-0.15, -0.1) is 0 Å². The summed E-state index contributed by atoms with van der Waals surface area (Å²) in [5, 5.41) is 16.9. The molecule has 0 N–H and O–H groups in total. The normalized spacial score (nSPS) is 10.9. The average molecular weight is 362 g/mol. The highest BCUT2D eigenvalue weighted by Gasteiger charge is 2.28. The third kappa shape index (κ3) is 2.95. The molecule has 9 nitrogen and oxygen atoms in total. The van der Waals surface area contributed by atoms with E-state index in [2.05, 4.69) is 20.1 Å². The van der Waals surface area contributed by atoms with Gasteiger partial charge in [-0.1, -0.05) is 18.2 Å². The summed E-state index contributed by atoms with van der Waals surface area (Å²) in [5.41, 5.74) is 1.66. The van der Waals surface area contributed by atoms with Gasteiger partial charge in [0.2, 0.25) is 5.82 Å². The molecule has 0 saturated carbocycles. The first-order valence-corrected chi connectivity index (χ1v) is 8.09. The summed E-state index contributed by atoms with van der Waals surface area (Å²) in [6, 6.07) is 10.8. The van der Waals surface area contributed by atoms with Crippen molar-refractivity contribution in [1.82, 2.24) is 24.7 Å². The van der Waals surface area contributed by atoms with Gasteiger partial charge < -0.3 is 4.74 Å². The molecule has 134 valence electrons. The number of hydrogen-bond acceptors (Lipinski definition) is 7. The summed E-state index contributed by atoms with van der Waals surface area (Å²) >= 11 is 0. The Bertz CT molecular complexity index is 1170. The van der Waals surface area contributed by atoms with Crippen molar-refractivity contribution in [3.8, 4) is 17.4 Å². The van der Waals surface area contributed by atoms with Crippen LogP contribution in [0.3, 0.4) is 0 Å². The van der Waals surface area contributed by atoms with Crippen LogP contribution in [0.5, 0.6) is 11.6 Å². The summed E-state index contributed by atoms with van der Waals surface area (Å²) in [6.45, 7) is 3.59. The predicted molar refractivity (Wildman–Crippen MR) is 97.1 cm³/mol. The van der Waals surface area contributed by atoms with Crippen LogP contribution in [0.1, 0.15) is 11.4 Å². The highest BCUT2D eigenvalue weighted by atomic mass is 16.6. The number of nitrogens with zero attached hydrogens (tertiary/aromatic N) is 6. The fraction of sp³-hybridized carbons (Fsp3) is 0.111. The van der Waals surface area contributed by atoms with Gasteiger partial charge in [0.15, 0.2) is 5.75 Å². The largest absolute Gasteiger partial charge is 0.431 e. The quantitative estimate of drug-likeness (QED) is 0.403.